The number of hydrogen-bond donors (Lipinski definition) is 1. The van der Waals surface area contributed by atoms with Gasteiger partial charge in [0.05, 0.1) is 6.42 Å². The van der Waals surface area contributed by atoms with E-state index >= 15 is 0 Å². The number of benzene rings is 1. The number of aromatic hydroxyl groups is 1. The Morgan fingerprint density at radius 2 is 1.89 bits per heavy atom. The molecule has 18 heavy (non-hydrogen) atoms. The van der Waals surface area contributed by atoms with Crippen molar-refractivity contribution in [2.75, 3.05) is 0 Å². The van der Waals surface area contributed by atoms with E-state index in [9.17, 15) is 9.90 Å². The van der Waals surface area contributed by atoms with E-state index in [4.69, 9.17) is 0 Å². The summed E-state index contributed by atoms with van der Waals surface area (Å²) >= 11 is 0. The van der Waals surface area contributed by atoms with Crippen molar-refractivity contribution in [3.8, 4) is 5.75 Å². The van der Waals surface area contributed by atoms with Crippen molar-refractivity contribution in [2.24, 2.45) is 0 Å². The maximum absolute atomic E-state index is 12.4. The minimum absolute atomic E-state index is 0.121. The number of para-hydroxylation sites is 1. The smallest absolute Gasteiger partial charge is 0.227 e. The van der Waals surface area contributed by atoms with Crippen molar-refractivity contribution in [3.63, 3.8) is 0 Å². The number of hydrogen-bond acceptors (Lipinski definition) is 2. The van der Waals surface area contributed by atoms with E-state index in [0.717, 1.165) is 12.8 Å². The Morgan fingerprint density at radius 3 is 2.50 bits per heavy atom. The number of piperidine rings is 1. The SMILES string of the molecule is CC1CCCC(C)N1C(=O)Cc1ccccc1O. The van der Waals surface area contributed by atoms with E-state index in [1.165, 1.54) is 6.42 Å². The second-order valence-electron chi connectivity index (χ2n) is 5.24. The lowest BCUT2D eigenvalue weighted by Crippen LogP contribution is -2.48. The Kier molecular flexibility index (Phi) is 3.90. The van der Waals surface area contributed by atoms with Gasteiger partial charge in [-0.25, -0.2) is 0 Å². The molecule has 2 atom stereocenters. The molecule has 98 valence electrons. The lowest BCUT2D eigenvalue weighted by Gasteiger charge is -2.39. The summed E-state index contributed by atoms with van der Waals surface area (Å²) in [5.41, 5.74) is 0.715. The first-order valence-corrected chi connectivity index (χ1v) is 6.67. The van der Waals surface area contributed by atoms with Crippen LogP contribution in [0.1, 0.15) is 38.7 Å². The zero-order chi connectivity index (χ0) is 13.1. The predicted octanol–water partition coefficient (Wildman–Crippen LogP) is 2.72. The highest BCUT2D eigenvalue weighted by molar-refractivity contribution is 5.80. The van der Waals surface area contributed by atoms with Gasteiger partial charge in [0, 0.05) is 17.6 Å². The maximum atomic E-state index is 12.4. The van der Waals surface area contributed by atoms with Gasteiger partial charge in [0.25, 0.3) is 0 Å². The normalized spacial score (nSPS) is 24.0. The fourth-order valence-electron chi connectivity index (χ4n) is 2.83. The van der Waals surface area contributed by atoms with Crippen molar-refractivity contribution < 1.29 is 9.90 Å². The van der Waals surface area contributed by atoms with Crippen molar-refractivity contribution in [1.29, 1.82) is 0 Å². The molecule has 0 aliphatic carbocycles. The molecule has 0 bridgehead atoms. The summed E-state index contributed by atoms with van der Waals surface area (Å²) in [5, 5.41) is 9.72. The fourth-order valence-corrected chi connectivity index (χ4v) is 2.83. The van der Waals surface area contributed by atoms with Crippen LogP contribution in [0.5, 0.6) is 5.75 Å². The fraction of sp³-hybridized carbons (Fsp3) is 0.533. The monoisotopic (exact) mass is 247 g/mol. The summed E-state index contributed by atoms with van der Waals surface area (Å²) in [6.07, 6.45) is 3.65. The van der Waals surface area contributed by atoms with E-state index in [0.29, 0.717) is 24.1 Å². The number of likely N-dealkylation sites (tertiary alicyclic amines) is 1. The summed E-state index contributed by atoms with van der Waals surface area (Å²) < 4.78 is 0. The molecule has 3 nitrogen and oxygen atoms in total. The Hall–Kier alpha value is -1.51. The number of rotatable bonds is 2. The lowest BCUT2D eigenvalue weighted by atomic mass is 9.96. The summed E-state index contributed by atoms with van der Waals surface area (Å²) in [5.74, 6) is 0.333. The van der Waals surface area contributed by atoms with Gasteiger partial charge in [-0.1, -0.05) is 18.2 Å². The van der Waals surface area contributed by atoms with Gasteiger partial charge >= 0.3 is 0 Å². The molecule has 1 amide bonds. The average Bonchev–Trinajstić information content (AvgIpc) is 2.32. The lowest BCUT2D eigenvalue weighted by molar-refractivity contribution is -0.136. The van der Waals surface area contributed by atoms with Gasteiger partial charge < -0.3 is 10.0 Å². The Bertz CT molecular complexity index is 420. The van der Waals surface area contributed by atoms with Crippen LogP contribution in [0.25, 0.3) is 0 Å². The van der Waals surface area contributed by atoms with Crippen LogP contribution in [-0.2, 0) is 11.2 Å². The number of nitrogens with zero attached hydrogens (tertiary/aromatic N) is 1. The Labute approximate surface area is 108 Å². The third-order valence-electron chi connectivity index (χ3n) is 3.81. The highest BCUT2D eigenvalue weighted by atomic mass is 16.3. The largest absolute Gasteiger partial charge is 0.508 e. The van der Waals surface area contributed by atoms with E-state index < -0.39 is 0 Å². The van der Waals surface area contributed by atoms with Gasteiger partial charge in [-0.15, -0.1) is 0 Å². The molecule has 1 aromatic rings. The molecular weight excluding hydrogens is 226 g/mol. The quantitative estimate of drug-likeness (QED) is 0.873. The van der Waals surface area contributed by atoms with E-state index in [-0.39, 0.29) is 11.7 Å². The minimum atomic E-state index is 0.121. The maximum Gasteiger partial charge on any atom is 0.227 e. The van der Waals surface area contributed by atoms with Crippen LogP contribution in [0.2, 0.25) is 0 Å². The summed E-state index contributed by atoms with van der Waals surface area (Å²) in [7, 11) is 0. The molecule has 0 radical (unpaired) electrons. The van der Waals surface area contributed by atoms with Crippen molar-refractivity contribution >= 4 is 5.91 Å². The first kappa shape index (κ1) is 12.9. The van der Waals surface area contributed by atoms with Crippen molar-refractivity contribution in [2.45, 2.75) is 51.6 Å². The average molecular weight is 247 g/mol. The molecule has 2 rings (SSSR count). The summed E-state index contributed by atoms with van der Waals surface area (Å²) in [6, 6.07) is 7.69. The minimum Gasteiger partial charge on any atom is -0.508 e. The van der Waals surface area contributed by atoms with Crippen LogP contribution in [0.3, 0.4) is 0 Å². The van der Waals surface area contributed by atoms with E-state index in [2.05, 4.69) is 13.8 Å². The van der Waals surface area contributed by atoms with Gasteiger partial charge in [0.2, 0.25) is 5.91 Å². The van der Waals surface area contributed by atoms with Gasteiger partial charge in [-0.05, 0) is 39.2 Å². The third-order valence-corrected chi connectivity index (χ3v) is 3.81. The molecular formula is C15H21NO2. The second kappa shape index (κ2) is 5.42. The second-order valence-corrected chi connectivity index (χ2v) is 5.24. The topological polar surface area (TPSA) is 40.5 Å². The van der Waals surface area contributed by atoms with Gasteiger partial charge in [0.15, 0.2) is 0 Å². The van der Waals surface area contributed by atoms with Crippen LogP contribution >= 0.6 is 0 Å². The molecule has 1 saturated heterocycles. The molecule has 1 heterocycles. The van der Waals surface area contributed by atoms with Crippen molar-refractivity contribution in [3.05, 3.63) is 29.8 Å². The standard InChI is InChI=1S/C15H21NO2/c1-11-6-5-7-12(2)16(11)15(18)10-13-8-3-4-9-14(13)17/h3-4,8-9,11-12,17H,5-7,10H2,1-2H3. The molecule has 1 fully saturated rings. The Balaban J connectivity index is 2.09. The number of phenols is 1. The van der Waals surface area contributed by atoms with Crippen molar-refractivity contribution in [1.82, 2.24) is 4.90 Å². The molecule has 1 aliphatic heterocycles. The Morgan fingerprint density at radius 1 is 1.28 bits per heavy atom. The predicted molar refractivity (Wildman–Crippen MR) is 71.4 cm³/mol. The first-order valence-electron chi connectivity index (χ1n) is 6.67. The van der Waals surface area contributed by atoms with E-state index in [1.807, 2.05) is 17.0 Å². The van der Waals surface area contributed by atoms with Crippen LogP contribution < -0.4 is 0 Å². The van der Waals surface area contributed by atoms with Gasteiger partial charge in [0.1, 0.15) is 5.75 Å². The summed E-state index contributed by atoms with van der Waals surface area (Å²) in [4.78, 5) is 14.3. The van der Waals surface area contributed by atoms with Gasteiger partial charge in [-0.2, -0.15) is 0 Å². The van der Waals surface area contributed by atoms with Crippen LogP contribution in [0.4, 0.5) is 0 Å². The zero-order valence-corrected chi connectivity index (χ0v) is 11.1. The zero-order valence-electron chi connectivity index (χ0n) is 11.1. The number of carbonyl (C=O) groups excluding carboxylic acids is 1. The molecule has 2 unspecified atom stereocenters. The molecule has 0 aromatic heterocycles. The summed E-state index contributed by atoms with van der Waals surface area (Å²) in [6.45, 7) is 4.22. The number of phenolic OH excluding ortho intramolecular Hbond substituents is 1. The van der Waals surface area contributed by atoms with Crippen LogP contribution in [0, 0.1) is 0 Å². The number of carbonyl (C=O) groups is 1. The molecule has 1 N–H and O–H groups in total. The number of amides is 1. The highest BCUT2D eigenvalue weighted by Crippen LogP contribution is 2.24. The first-order chi connectivity index (χ1) is 8.59. The molecule has 3 heteroatoms. The molecule has 1 aromatic carbocycles. The van der Waals surface area contributed by atoms with Crippen LogP contribution in [0.15, 0.2) is 24.3 Å². The van der Waals surface area contributed by atoms with Gasteiger partial charge in [-0.3, -0.25) is 4.79 Å². The molecule has 0 saturated carbocycles. The van der Waals surface area contributed by atoms with Crippen LogP contribution in [-0.4, -0.2) is 28.0 Å². The molecule has 1 aliphatic rings. The highest BCUT2D eigenvalue weighted by Gasteiger charge is 2.28. The van der Waals surface area contributed by atoms with E-state index in [1.54, 1.807) is 12.1 Å². The molecule has 0 spiro atoms. The third kappa shape index (κ3) is 2.66.